The first-order chi connectivity index (χ1) is 10.2. The molecule has 1 heterocycles. The molecule has 0 saturated heterocycles. The van der Waals surface area contributed by atoms with E-state index in [0.29, 0.717) is 0 Å². The molecule has 0 amide bonds. The molecule has 0 aliphatic carbocycles. The van der Waals surface area contributed by atoms with E-state index < -0.39 is 0 Å². The first kappa shape index (κ1) is 15.5. The van der Waals surface area contributed by atoms with Gasteiger partial charge >= 0.3 is 0 Å². The maximum atomic E-state index is 10.9. The summed E-state index contributed by atoms with van der Waals surface area (Å²) in [6.07, 6.45) is 12.0. The van der Waals surface area contributed by atoms with Crippen molar-refractivity contribution in [3.05, 3.63) is 40.1 Å². The summed E-state index contributed by atoms with van der Waals surface area (Å²) in [5, 5.41) is 11.9. The molecule has 0 unspecified atom stereocenters. The van der Waals surface area contributed by atoms with Crippen molar-refractivity contribution in [1.29, 1.82) is 0 Å². The normalized spacial score (nSPS) is 11.1. The summed E-state index contributed by atoms with van der Waals surface area (Å²) in [5.41, 5.74) is 2.35. The first-order valence-electron chi connectivity index (χ1n) is 7.96. The lowest BCUT2D eigenvalue weighted by atomic mass is 10.0. The van der Waals surface area contributed by atoms with Crippen LogP contribution in [0.25, 0.3) is 10.9 Å². The van der Waals surface area contributed by atoms with Gasteiger partial charge in [-0.3, -0.25) is 10.1 Å². The minimum Gasteiger partial charge on any atom is -0.361 e. The van der Waals surface area contributed by atoms with Gasteiger partial charge in [0.2, 0.25) is 0 Å². The molecule has 0 spiro atoms. The fraction of sp³-hybridized carbons (Fsp3) is 0.529. The molecule has 0 radical (unpaired) electrons. The van der Waals surface area contributed by atoms with Crippen LogP contribution in [0.4, 0.5) is 5.69 Å². The molecule has 2 rings (SSSR count). The predicted octanol–water partition coefficient (Wildman–Crippen LogP) is 5.37. The molecule has 4 nitrogen and oxygen atoms in total. The monoisotopic (exact) mass is 288 g/mol. The van der Waals surface area contributed by atoms with Crippen molar-refractivity contribution in [3.8, 4) is 0 Å². The summed E-state index contributed by atoms with van der Waals surface area (Å²) in [4.78, 5) is 13.7. The zero-order valence-corrected chi connectivity index (χ0v) is 12.7. The average molecular weight is 288 g/mol. The number of hydrogen-bond donors (Lipinski definition) is 1. The highest BCUT2D eigenvalue weighted by atomic mass is 16.6. The highest BCUT2D eigenvalue weighted by molar-refractivity contribution is 5.85. The Morgan fingerprint density at radius 1 is 1.10 bits per heavy atom. The Balaban J connectivity index is 1.87. The molecule has 0 bridgehead atoms. The second-order valence-electron chi connectivity index (χ2n) is 5.67. The van der Waals surface area contributed by atoms with Crippen molar-refractivity contribution in [3.63, 3.8) is 0 Å². The SMILES string of the molecule is CCCCCCCCCc1c[nH]c2ccc([N+](=O)[O-])cc12. The summed E-state index contributed by atoms with van der Waals surface area (Å²) in [6.45, 7) is 2.23. The van der Waals surface area contributed by atoms with Crippen LogP contribution in [-0.2, 0) is 6.42 Å². The number of unbranched alkanes of at least 4 members (excludes halogenated alkanes) is 6. The Labute approximate surface area is 125 Å². The summed E-state index contributed by atoms with van der Waals surface area (Å²) < 4.78 is 0. The molecule has 0 atom stereocenters. The molecule has 1 aromatic carbocycles. The van der Waals surface area contributed by atoms with Crippen LogP contribution >= 0.6 is 0 Å². The van der Waals surface area contributed by atoms with Crippen LogP contribution in [0.2, 0.25) is 0 Å². The van der Waals surface area contributed by atoms with E-state index in [-0.39, 0.29) is 10.6 Å². The smallest absolute Gasteiger partial charge is 0.270 e. The maximum absolute atomic E-state index is 10.9. The van der Waals surface area contributed by atoms with E-state index >= 15 is 0 Å². The Hall–Kier alpha value is -1.84. The van der Waals surface area contributed by atoms with Crippen molar-refractivity contribution in [2.75, 3.05) is 0 Å². The Kier molecular flexibility index (Phi) is 5.78. The van der Waals surface area contributed by atoms with Gasteiger partial charge in [0, 0.05) is 29.2 Å². The summed E-state index contributed by atoms with van der Waals surface area (Å²) in [5.74, 6) is 0. The molecule has 21 heavy (non-hydrogen) atoms. The van der Waals surface area contributed by atoms with Gasteiger partial charge in [0.1, 0.15) is 0 Å². The topological polar surface area (TPSA) is 58.9 Å². The lowest BCUT2D eigenvalue weighted by molar-refractivity contribution is -0.384. The molecular weight excluding hydrogens is 264 g/mol. The van der Waals surface area contributed by atoms with Crippen LogP contribution in [0.5, 0.6) is 0 Å². The minimum absolute atomic E-state index is 0.169. The maximum Gasteiger partial charge on any atom is 0.270 e. The number of non-ortho nitro benzene ring substituents is 1. The van der Waals surface area contributed by atoms with Crippen LogP contribution in [0.3, 0.4) is 0 Å². The summed E-state index contributed by atoms with van der Waals surface area (Å²) >= 11 is 0. The van der Waals surface area contributed by atoms with Crippen molar-refractivity contribution < 1.29 is 4.92 Å². The Morgan fingerprint density at radius 2 is 1.81 bits per heavy atom. The van der Waals surface area contributed by atoms with Crippen molar-refractivity contribution >= 4 is 16.6 Å². The number of rotatable bonds is 9. The zero-order valence-electron chi connectivity index (χ0n) is 12.7. The molecule has 1 aromatic heterocycles. The van der Waals surface area contributed by atoms with Crippen molar-refractivity contribution in [2.45, 2.75) is 58.3 Å². The quantitative estimate of drug-likeness (QED) is 0.383. The second kappa shape index (κ2) is 7.81. The third-order valence-electron chi connectivity index (χ3n) is 4.01. The van der Waals surface area contributed by atoms with Gasteiger partial charge in [-0.15, -0.1) is 0 Å². The number of nitrogens with one attached hydrogen (secondary N) is 1. The Morgan fingerprint density at radius 3 is 2.52 bits per heavy atom. The van der Waals surface area contributed by atoms with Gasteiger partial charge in [-0.05, 0) is 24.5 Å². The summed E-state index contributed by atoms with van der Waals surface area (Å²) in [7, 11) is 0. The number of fused-ring (bicyclic) bond motifs is 1. The molecular formula is C17H24N2O2. The molecule has 1 N–H and O–H groups in total. The van der Waals surface area contributed by atoms with Crippen molar-refractivity contribution in [2.24, 2.45) is 0 Å². The predicted molar refractivity (Wildman–Crippen MR) is 86.7 cm³/mol. The number of hydrogen-bond acceptors (Lipinski definition) is 2. The molecule has 0 aliphatic rings. The Bertz CT molecular complexity index is 589. The van der Waals surface area contributed by atoms with Crippen molar-refractivity contribution in [1.82, 2.24) is 4.98 Å². The lowest BCUT2D eigenvalue weighted by Gasteiger charge is -2.01. The van der Waals surface area contributed by atoms with E-state index in [4.69, 9.17) is 0 Å². The van der Waals surface area contributed by atoms with Gasteiger partial charge in [0.15, 0.2) is 0 Å². The fourth-order valence-electron chi connectivity index (χ4n) is 2.76. The second-order valence-corrected chi connectivity index (χ2v) is 5.67. The van der Waals surface area contributed by atoms with Gasteiger partial charge in [-0.2, -0.15) is 0 Å². The largest absolute Gasteiger partial charge is 0.361 e. The number of aromatic amines is 1. The number of aromatic nitrogens is 1. The van der Waals surface area contributed by atoms with Gasteiger partial charge in [0.25, 0.3) is 5.69 Å². The fourth-order valence-corrected chi connectivity index (χ4v) is 2.76. The molecule has 0 aliphatic heterocycles. The highest BCUT2D eigenvalue weighted by Gasteiger charge is 2.10. The van der Waals surface area contributed by atoms with E-state index in [2.05, 4.69) is 11.9 Å². The van der Waals surface area contributed by atoms with Crippen LogP contribution in [0.15, 0.2) is 24.4 Å². The number of nitro groups is 1. The van der Waals surface area contributed by atoms with Gasteiger partial charge < -0.3 is 4.98 Å². The average Bonchev–Trinajstić information content (AvgIpc) is 2.88. The third kappa shape index (κ3) is 4.31. The highest BCUT2D eigenvalue weighted by Crippen LogP contribution is 2.25. The van der Waals surface area contributed by atoms with E-state index in [1.807, 2.05) is 6.20 Å². The number of nitro benzene ring substituents is 1. The van der Waals surface area contributed by atoms with Crippen LogP contribution < -0.4 is 0 Å². The minimum atomic E-state index is -0.329. The van der Waals surface area contributed by atoms with Crippen LogP contribution in [-0.4, -0.2) is 9.91 Å². The van der Waals surface area contributed by atoms with E-state index in [1.54, 1.807) is 18.2 Å². The van der Waals surface area contributed by atoms with Gasteiger partial charge in [-0.1, -0.05) is 45.4 Å². The molecule has 2 aromatic rings. The number of H-pyrrole nitrogens is 1. The summed E-state index contributed by atoms with van der Waals surface area (Å²) in [6, 6.07) is 5.03. The van der Waals surface area contributed by atoms with E-state index in [1.165, 1.54) is 44.1 Å². The van der Waals surface area contributed by atoms with Crippen LogP contribution in [0, 0.1) is 10.1 Å². The molecule has 4 heteroatoms. The standard InChI is InChI=1S/C17H24N2O2/c1-2-3-4-5-6-7-8-9-14-13-18-17-11-10-15(19(20)21)12-16(14)17/h10-13,18H,2-9H2,1H3. The van der Waals surface area contributed by atoms with Crippen LogP contribution in [0.1, 0.15) is 57.4 Å². The first-order valence-corrected chi connectivity index (χ1v) is 7.96. The molecule has 0 saturated carbocycles. The van der Waals surface area contributed by atoms with Gasteiger partial charge in [0.05, 0.1) is 4.92 Å². The number of aryl methyl sites for hydroxylation is 1. The van der Waals surface area contributed by atoms with Gasteiger partial charge in [-0.25, -0.2) is 0 Å². The molecule has 114 valence electrons. The lowest BCUT2D eigenvalue weighted by Crippen LogP contribution is -1.88. The number of nitrogens with zero attached hydrogens (tertiary/aromatic N) is 1. The van der Waals surface area contributed by atoms with E-state index in [0.717, 1.165) is 23.7 Å². The number of benzene rings is 1. The van der Waals surface area contributed by atoms with E-state index in [9.17, 15) is 10.1 Å². The zero-order chi connectivity index (χ0) is 15.1. The third-order valence-corrected chi connectivity index (χ3v) is 4.01. The molecule has 0 fully saturated rings.